The van der Waals surface area contributed by atoms with Crippen LogP contribution < -0.4 is 0 Å². The van der Waals surface area contributed by atoms with E-state index in [4.69, 9.17) is 11.6 Å². The lowest BCUT2D eigenvalue weighted by Crippen LogP contribution is -1.94. The van der Waals surface area contributed by atoms with Gasteiger partial charge in [-0.05, 0) is 29.9 Å². The quantitative estimate of drug-likeness (QED) is 0.544. The molecule has 0 bridgehead atoms. The van der Waals surface area contributed by atoms with Crippen molar-refractivity contribution in [1.29, 1.82) is 0 Å². The molecule has 0 aliphatic heterocycles. The topological polar surface area (TPSA) is 0 Å². The van der Waals surface area contributed by atoms with Crippen molar-refractivity contribution in [3.8, 4) is 0 Å². The average molecular weight is 241 g/mol. The summed E-state index contributed by atoms with van der Waals surface area (Å²) in [5.74, 6) is 1.13. The van der Waals surface area contributed by atoms with Crippen LogP contribution in [0.2, 0.25) is 0 Å². The van der Waals surface area contributed by atoms with E-state index < -0.39 is 0 Å². The van der Waals surface area contributed by atoms with Gasteiger partial charge in [0, 0.05) is 10.8 Å². The minimum absolute atomic E-state index is 0.516. The van der Waals surface area contributed by atoms with Crippen molar-refractivity contribution in [2.45, 2.75) is 18.7 Å². The zero-order valence-corrected chi connectivity index (χ0v) is 11.0. The van der Waals surface area contributed by atoms with Gasteiger partial charge in [0.05, 0.1) is 0 Å². The molecule has 0 aliphatic rings. The van der Waals surface area contributed by atoms with Crippen LogP contribution in [0.5, 0.6) is 0 Å². The second kappa shape index (κ2) is 6.24. The Kier molecular flexibility index (Phi) is 5.27. The van der Waals surface area contributed by atoms with Gasteiger partial charge in [-0.15, -0.1) is 23.4 Å². The second-order valence-electron chi connectivity index (χ2n) is 3.78. The molecule has 15 heavy (non-hydrogen) atoms. The maximum atomic E-state index is 5.90. The molecule has 0 N–H and O–H groups in total. The van der Waals surface area contributed by atoms with Gasteiger partial charge in [-0.25, -0.2) is 0 Å². The van der Waals surface area contributed by atoms with Crippen molar-refractivity contribution < 1.29 is 0 Å². The molecule has 0 aromatic heterocycles. The predicted octanol–water partition coefficient (Wildman–Crippen LogP) is 4.69. The highest BCUT2D eigenvalue weighted by atomic mass is 35.5. The van der Waals surface area contributed by atoms with E-state index in [0.717, 1.165) is 0 Å². The SMILES string of the molecule is CSc1ccc(C=C(CCl)C(C)C)cc1. The van der Waals surface area contributed by atoms with Crippen LogP contribution in [0.3, 0.4) is 0 Å². The van der Waals surface area contributed by atoms with Gasteiger partial charge in [0.1, 0.15) is 0 Å². The smallest absolute Gasteiger partial charge is 0.0439 e. The molecule has 0 aliphatic carbocycles. The van der Waals surface area contributed by atoms with Crippen LogP contribution in [0.1, 0.15) is 19.4 Å². The van der Waals surface area contributed by atoms with Crippen molar-refractivity contribution in [2.75, 3.05) is 12.1 Å². The van der Waals surface area contributed by atoms with Crippen LogP contribution in [-0.4, -0.2) is 12.1 Å². The van der Waals surface area contributed by atoms with E-state index in [2.05, 4.69) is 50.4 Å². The number of thioether (sulfide) groups is 1. The number of hydrogen-bond acceptors (Lipinski definition) is 1. The van der Waals surface area contributed by atoms with Crippen LogP contribution in [0, 0.1) is 5.92 Å². The minimum Gasteiger partial charge on any atom is -0.130 e. The summed E-state index contributed by atoms with van der Waals surface area (Å²) in [6, 6.07) is 8.56. The summed E-state index contributed by atoms with van der Waals surface area (Å²) in [6.45, 7) is 4.34. The molecule has 1 aromatic carbocycles. The molecule has 0 atom stereocenters. The Hall–Kier alpha value is -0.400. The fourth-order valence-electron chi connectivity index (χ4n) is 1.27. The Morgan fingerprint density at radius 2 is 1.93 bits per heavy atom. The maximum Gasteiger partial charge on any atom is 0.0439 e. The Bertz CT molecular complexity index is 325. The summed E-state index contributed by atoms with van der Waals surface area (Å²) in [4.78, 5) is 1.30. The molecule has 0 radical (unpaired) electrons. The molecule has 82 valence electrons. The molecule has 0 saturated carbocycles. The van der Waals surface area contributed by atoms with Crippen LogP contribution in [-0.2, 0) is 0 Å². The molecule has 0 amide bonds. The number of rotatable bonds is 4. The zero-order valence-electron chi connectivity index (χ0n) is 9.46. The number of allylic oxidation sites excluding steroid dienone is 1. The summed E-state index contributed by atoms with van der Waals surface area (Å²) in [5.41, 5.74) is 2.52. The van der Waals surface area contributed by atoms with E-state index >= 15 is 0 Å². The average Bonchev–Trinajstić information content (AvgIpc) is 2.26. The van der Waals surface area contributed by atoms with Crippen molar-refractivity contribution in [3.05, 3.63) is 35.4 Å². The van der Waals surface area contributed by atoms with E-state index in [9.17, 15) is 0 Å². The summed E-state index contributed by atoms with van der Waals surface area (Å²) in [6.07, 6.45) is 4.27. The third-order valence-corrected chi connectivity index (χ3v) is 3.42. The lowest BCUT2D eigenvalue weighted by atomic mass is 10.0. The number of alkyl halides is 1. The molecule has 2 heteroatoms. The van der Waals surface area contributed by atoms with Crippen LogP contribution in [0.15, 0.2) is 34.7 Å². The summed E-state index contributed by atoms with van der Waals surface area (Å²) >= 11 is 7.66. The van der Waals surface area contributed by atoms with E-state index in [1.165, 1.54) is 16.0 Å². The first-order valence-electron chi connectivity index (χ1n) is 5.08. The van der Waals surface area contributed by atoms with Gasteiger partial charge in [-0.2, -0.15) is 0 Å². The summed E-state index contributed by atoms with van der Waals surface area (Å²) < 4.78 is 0. The van der Waals surface area contributed by atoms with E-state index in [1.54, 1.807) is 11.8 Å². The second-order valence-corrected chi connectivity index (χ2v) is 4.93. The van der Waals surface area contributed by atoms with Crippen molar-refractivity contribution >= 4 is 29.4 Å². The molecular formula is C13H17ClS. The van der Waals surface area contributed by atoms with Crippen LogP contribution in [0.25, 0.3) is 6.08 Å². The number of hydrogen-bond donors (Lipinski definition) is 0. The van der Waals surface area contributed by atoms with E-state index in [-0.39, 0.29) is 0 Å². The van der Waals surface area contributed by atoms with Crippen molar-refractivity contribution in [1.82, 2.24) is 0 Å². The largest absolute Gasteiger partial charge is 0.130 e. The van der Waals surface area contributed by atoms with Gasteiger partial charge >= 0.3 is 0 Å². The van der Waals surface area contributed by atoms with Crippen molar-refractivity contribution in [3.63, 3.8) is 0 Å². The monoisotopic (exact) mass is 240 g/mol. The van der Waals surface area contributed by atoms with Crippen LogP contribution in [0.4, 0.5) is 0 Å². The number of halogens is 1. The van der Waals surface area contributed by atoms with Gasteiger partial charge in [0.15, 0.2) is 0 Å². The fourth-order valence-corrected chi connectivity index (χ4v) is 2.07. The first-order chi connectivity index (χ1) is 7.17. The number of benzene rings is 1. The lowest BCUT2D eigenvalue weighted by molar-refractivity contribution is 0.778. The third-order valence-electron chi connectivity index (χ3n) is 2.36. The van der Waals surface area contributed by atoms with Gasteiger partial charge in [0.2, 0.25) is 0 Å². The highest BCUT2D eigenvalue weighted by Crippen LogP contribution is 2.19. The third kappa shape index (κ3) is 3.92. The Balaban J connectivity index is 2.87. The summed E-state index contributed by atoms with van der Waals surface area (Å²) in [5, 5.41) is 0. The molecule has 0 heterocycles. The standard InChI is InChI=1S/C13H17ClS/c1-10(2)12(9-14)8-11-4-6-13(15-3)7-5-11/h4-8,10H,9H2,1-3H3. The zero-order chi connectivity index (χ0) is 11.3. The maximum absolute atomic E-state index is 5.90. The van der Waals surface area contributed by atoms with E-state index in [0.29, 0.717) is 11.8 Å². The summed E-state index contributed by atoms with van der Waals surface area (Å²) in [7, 11) is 0. The van der Waals surface area contributed by atoms with Gasteiger partial charge in [-0.1, -0.05) is 37.6 Å². The molecule has 0 fully saturated rings. The normalized spacial score (nSPS) is 12.2. The first kappa shape index (κ1) is 12.7. The minimum atomic E-state index is 0.516. The molecular weight excluding hydrogens is 224 g/mol. The van der Waals surface area contributed by atoms with Gasteiger partial charge < -0.3 is 0 Å². The lowest BCUT2D eigenvalue weighted by Gasteiger charge is -2.07. The molecule has 0 unspecified atom stereocenters. The van der Waals surface area contributed by atoms with Crippen molar-refractivity contribution in [2.24, 2.45) is 5.92 Å². The predicted molar refractivity (Wildman–Crippen MR) is 71.8 cm³/mol. The molecule has 1 aromatic rings. The highest BCUT2D eigenvalue weighted by Gasteiger charge is 2.01. The van der Waals surface area contributed by atoms with Gasteiger partial charge in [0.25, 0.3) is 0 Å². The fraction of sp³-hybridized carbons (Fsp3) is 0.385. The highest BCUT2D eigenvalue weighted by molar-refractivity contribution is 7.98. The van der Waals surface area contributed by atoms with Crippen LogP contribution >= 0.6 is 23.4 Å². The Morgan fingerprint density at radius 1 is 1.33 bits per heavy atom. The Morgan fingerprint density at radius 3 is 2.33 bits per heavy atom. The molecule has 0 nitrogen and oxygen atoms in total. The Labute approximate surface area is 102 Å². The van der Waals surface area contributed by atoms with E-state index in [1.807, 2.05) is 0 Å². The molecule has 0 spiro atoms. The molecule has 0 saturated heterocycles. The van der Waals surface area contributed by atoms with Gasteiger partial charge in [-0.3, -0.25) is 0 Å². The first-order valence-corrected chi connectivity index (χ1v) is 6.83. The molecule has 1 rings (SSSR count).